The summed E-state index contributed by atoms with van der Waals surface area (Å²) in [5.41, 5.74) is 3.88. The number of nitrogens with one attached hydrogen (secondary N) is 2. The Kier molecular flexibility index (Phi) is 4.42. The van der Waals surface area contributed by atoms with Gasteiger partial charge >= 0.3 is 0 Å². The Morgan fingerprint density at radius 2 is 2.00 bits per heavy atom. The van der Waals surface area contributed by atoms with Crippen molar-refractivity contribution in [1.29, 1.82) is 0 Å². The van der Waals surface area contributed by atoms with Crippen molar-refractivity contribution >= 4 is 26.8 Å². The smallest absolute Gasteiger partial charge is 0.0454 e. The Hall–Kier alpha value is -1.58. The zero-order chi connectivity index (χ0) is 14.7. The Bertz CT molecular complexity index is 733. The minimum Gasteiger partial charge on any atom is -0.361 e. The van der Waals surface area contributed by atoms with Crippen LogP contribution >= 0.6 is 15.9 Å². The first-order valence-corrected chi connectivity index (χ1v) is 8.07. The highest BCUT2D eigenvalue weighted by Crippen LogP contribution is 2.22. The topological polar surface area (TPSA) is 27.8 Å². The molecule has 0 bridgehead atoms. The monoisotopic (exact) mass is 342 g/mol. The SMILES string of the molecule is CC(NCCc1ccc2[nH]ccc2c1)c1ccccc1Br. The van der Waals surface area contributed by atoms with Crippen LogP contribution in [0.5, 0.6) is 0 Å². The Labute approximate surface area is 133 Å². The number of aromatic amines is 1. The number of hydrogen-bond donors (Lipinski definition) is 2. The lowest BCUT2D eigenvalue weighted by Gasteiger charge is -2.15. The fourth-order valence-corrected chi connectivity index (χ4v) is 3.26. The van der Waals surface area contributed by atoms with Crippen molar-refractivity contribution in [3.8, 4) is 0 Å². The number of rotatable bonds is 5. The van der Waals surface area contributed by atoms with Crippen LogP contribution in [0.4, 0.5) is 0 Å². The molecule has 0 spiro atoms. The molecule has 2 aromatic carbocycles. The van der Waals surface area contributed by atoms with Crippen molar-refractivity contribution in [1.82, 2.24) is 10.3 Å². The summed E-state index contributed by atoms with van der Waals surface area (Å²) in [6, 6.07) is 17.5. The van der Waals surface area contributed by atoms with E-state index in [2.05, 4.69) is 75.6 Å². The Balaban J connectivity index is 1.59. The number of aromatic nitrogens is 1. The molecule has 0 aliphatic carbocycles. The molecule has 3 aromatic rings. The predicted octanol–water partition coefficient (Wildman–Crippen LogP) is 4.82. The van der Waals surface area contributed by atoms with Gasteiger partial charge in [-0.3, -0.25) is 0 Å². The van der Waals surface area contributed by atoms with Gasteiger partial charge in [0, 0.05) is 22.2 Å². The molecule has 0 saturated heterocycles. The van der Waals surface area contributed by atoms with Crippen LogP contribution in [0.3, 0.4) is 0 Å². The molecule has 0 saturated carbocycles. The van der Waals surface area contributed by atoms with Crippen molar-refractivity contribution in [2.24, 2.45) is 0 Å². The number of halogens is 1. The third kappa shape index (κ3) is 3.36. The molecular formula is C18H19BrN2. The van der Waals surface area contributed by atoms with Crippen LogP contribution in [0.2, 0.25) is 0 Å². The summed E-state index contributed by atoms with van der Waals surface area (Å²) >= 11 is 3.61. The second-order valence-electron chi connectivity index (χ2n) is 5.35. The van der Waals surface area contributed by atoms with E-state index in [0.29, 0.717) is 6.04 Å². The lowest BCUT2D eigenvalue weighted by molar-refractivity contribution is 0.575. The van der Waals surface area contributed by atoms with E-state index in [4.69, 9.17) is 0 Å². The molecule has 0 aliphatic heterocycles. The van der Waals surface area contributed by atoms with Gasteiger partial charge in [0.1, 0.15) is 0 Å². The second-order valence-corrected chi connectivity index (χ2v) is 6.20. The standard InChI is InChI=1S/C18H19BrN2/c1-13(16-4-2-3-5-17(16)19)20-10-8-14-6-7-18-15(12-14)9-11-21-18/h2-7,9,11-13,20-21H,8,10H2,1H3. The van der Waals surface area contributed by atoms with E-state index in [-0.39, 0.29) is 0 Å². The molecule has 0 radical (unpaired) electrons. The van der Waals surface area contributed by atoms with E-state index in [9.17, 15) is 0 Å². The lowest BCUT2D eigenvalue weighted by Crippen LogP contribution is -2.21. The van der Waals surface area contributed by atoms with Crippen LogP contribution in [0.1, 0.15) is 24.1 Å². The third-order valence-corrected chi connectivity index (χ3v) is 4.58. The van der Waals surface area contributed by atoms with Crippen molar-refractivity contribution < 1.29 is 0 Å². The van der Waals surface area contributed by atoms with Crippen LogP contribution in [-0.4, -0.2) is 11.5 Å². The van der Waals surface area contributed by atoms with Gasteiger partial charge in [-0.2, -0.15) is 0 Å². The van der Waals surface area contributed by atoms with Gasteiger partial charge in [-0.15, -0.1) is 0 Å². The number of benzene rings is 2. The molecule has 0 amide bonds. The summed E-state index contributed by atoms with van der Waals surface area (Å²) in [7, 11) is 0. The fraction of sp³-hybridized carbons (Fsp3) is 0.222. The molecule has 0 aliphatic rings. The van der Waals surface area contributed by atoms with E-state index in [0.717, 1.165) is 13.0 Å². The van der Waals surface area contributed by atoms with Gasteiger partial charge in [0.25, 0.3) is 0 Å². The maximum Gasteiger partial charge on any atom is 0.0454 e. The molecule has 3 rings (SSSR count). The third-order valence-electron chi connectivity index (χ3n) is 3.85. The average Bonchev–Trinajstić information content (AvgIpc) is 2.95. The van der Waals surface area contributed by atoms with E-state index >= 15 is 0 Å². The molecule has 0 fully saturated rings. The molecular weight excluding hydrogens is 324 g/mol. The van der Waals surface area contributed by atoms with Gasteiger partial charge in [-0.05, 0) is 60.7 Å². The van der Waals surface area contributed by atoms with E-state index in [1.807, 2.05) is 12.3 Å². The molecule has 1 heterocycles. The average molecular weight is 343 g/mol. The van der Waals surface area contributed by atoms with Gasteiger partial charge in [-0.25, -0.2) is 0 Å². The Morgan fingerprint density at radius 1 is 1.14 bits per heavy atom. The maximum atomic E-state index is 3.61. The summed E-state index contributed by atoms with van der Waals surface area (Å²) in [6.07, 6.45) is 3.03. The summed E-state index contributed by atoms with van der Waals surface area (Å²) in [5.74, 6) is 0. The lowest BCUT2D eigenvalue weighted by atomic mass is 10.1. The highest BCUT2D eigenvalue weighted by atomic mass is 79.9. The van der Waals surface area contributed by atoms with E-state index in [1.165, 1.54) is 26.5 Å². The van der Waals surface area contributed by atoms with Crippen LogP contribution < -0.4 is 5.32 Å². The first-order valence-electron chi connectivity index (χ1n) is 7.28. The molecule has 3 heteroatoms. The largest absolute Gasteiger partial charge is 0.361 e. The minimum atomic E-state index is 0.344. The van der Waals surface area contributed by atoms with Crippen molar-refractivity contribution in [2.45, 2.75) is 19.4 Å². The number of fused-ring (bicyclic) bond motifs is 1. The van der Waals surface area contributed by atoms with Crippen molar-refractivity contribution in [2.75, 3.05) is 6.54 Å². The molecule has 1 aromatic heterocycles. The molecule has 2 N–H and O–H groups in total. The summed E-state index contributed by atoms with van der Waals surface area (Å²) in [5, 5.41) is 4.88. The van der Waals surface area contributed by atoms with Crippen LogP contribution in [-0.2, 0) is 6.42 Å². The Morgan fingerprint density at radius 3 is 2.86 bits per heavy atom. The van der Waals surface area contributed by atoms with Gasteiger partial charge in [0.05, 0.1) is 0 Å². The normalized spacial score (nSPS) is 12.7. The zero-order valence-corrected chi connectivity index (χ0v) is 13.7. The first kappa shape index (κ1) is 14.4. The predicted molar refractivity (Wildman–Crippen MR) is 92.6 cm³/mol. The number of H-pyrrole nitrogens is 1. The summed E-state index contributed by atoms with van der Waals surface area (Å²) in [6.45, 7) is 3.17. The maximum absolute atomic E-state index is 3.61. The number of hydrogen-bond acceptors (Lipinski definition) is 1. The molecule has 2 nitrogen and oxygen atoms in total. The van der Waals surface area contributed by atoms with E-state index in [1.54, 1.807) is 0 Å². The highest BCUT2D eigenvalue weighted by molar-refractivity contribution is 9.10. The van der Waals surface area contributed by atoms with Crippen LogP contribution in [0.25, 0.3) is 10.9 Å². The zero-order valence-electron chi connectivity index (χ0n) is 12.1. The van der Waals surface area contributed by atoms with Gasteiger partial charge in [0.2, 0.25) is 0 Å². The van der Waals surface area contributed by atoms with Crippen LogP contribution in [0.15, 0.2) is 59.2 Å². The summed E-state index contributed by atoms with van der Waals surface area (Å²) in [4.78, 5) is 3.23. The fourth-order valence-electron chi connectivity index (χ4n) is 2.63. The summed E-state index contributed by atoms with van der Waals surface area (Å²) < 4.78 is 1.17. The van der Waals surface area contributed by atoms with Gasteiger partial charge in [-0.1, -0.05) is 40.2 Å². The molecule has 1 atom stereocenters. The van der Waals surface area contributed by atoms with Gasteiger partial charge in [0.15, 0.2) is 0 Å². The molecule has 1 unspecified atom stereocenters. The van der Waals surface area contributed by atoms with Crippen molar-refractivity contribution in [3.05, 3.63) is 70.3 Å². The highest BCUT2D eigenvalue weighted by Gasteiger charge is 2.07. The van der Waals surface area contributed by atoms with E-state index < -0.39 is 0 Å². The molecule has 21 heavy (non-hydrogen) atoms. The van der Waals surface area contributed by atoms with Crippen LogP contribution in [0, 0.1) is 0 Å². The second kappa shape index (κ2) is 6.46. The van der Waals surface area contributed by atoms with Gasteiger partial charge < -0.3 is 10.3 Å². The minimum absolute atomic E-state index is 0.344. The quantitative estimate of drug-likeness (QED) is 0.683. The first-order chi connectivity index (χ1) is 10.2. The molecule has 108 valence electrons. The van der Waals surface area contributed by atoms with Crippen molar-refractivity contribution in [3.63, 3.8) is 0 Å².